The minimum Gasteiger partial charge on any atom is -0.393 e. The average Bonchev–Trinajstić information content (AvgIpc) is 2.88. The van der Waals surface area contributed by atoms with E-state index in [2.05, 4.69) is 0 Å². The molecule has 1 aliphatic rings. The number of amides is 1. The molecule has 7 heteroatoms. The molecular formula is C13H18N4O3. The molecule has 1 amide bonds. The summed E-state index contributed by atoms with van der Waals surface area (Å²) < 4.78 is 0. The van der Waals surface area contributed by atoms with Crippen molar-refractivity contribution < 1.29 is 9.72 Å². The van der Waals surface area contributed by atoms with Gasteiger partial charge in [-0.1, -0.05) is 0 Å². The monoisotopic (exact) mass is 278 g/mol. The Morgan fingerprint density at radius 1 is 1.55 bits per heavy atom. The van der Waals surface area contributed by atoms with Crippen molar-refractivity contribution in [1.29, 1.82) is 0 Å². The van der Waals surface area contributed by atoms with Crippen molar-refractivity contribution in [3.05, 3.63) is 33.4 Å². The highest BCUT2D eigenvalue weighted by molar-refractivity contribution is 6.01. The highest BCUT2D eigenvalue weighted by atomic mass is 16.6. The van der Waals surface area contributed by atoms with Crippen LogP contribution in [0, 0.1) is 23.0 Å². The largest absolute Gasteiger partial charge is 0.393 e. The van der Waals surface area contributed by atoms with Crippen molar-refractivity contribution in [2.75, 3.05) is 25.4 Å². The summed E-state index contributed by atoms with van der Waals surface area (Å²) in [5, 5.41) is 11.0. The predicted molar refractivity (Wildman–Crippen MR) is 75.3 cm³/mol. The smallest absolute Gasteiger partial charge is 0.293 e. The first-order chi connectivity index (χ1) is 9.43. The number of rotatable bonds is 3. The highest BCUT2D eigenvalue weighted by Crippen LogP contribution is 2.29. The van der Waals surface area contributed by atoms with Gasteiger partial charge in [-0.25, -0.2) is 0 Å². The molecule has 1 aliphatic heterocycles. The first-order valence-corrected chi connectivity index (χ1v) is 6.48. The van der Waals surface area contributed by atoms with Gasteiger partial charge >= 0.3 is 0 Å². The minimum atomic E-state index is -0.564. The molecule has 1 heterocycles. The lowest BCUT2D eigenvalue weighted by atomic mass is 10.1. The number of nitro groups is 1. The quantitative estimate of drug-likeness (QED) is 0.484. The molecule has 108 valence electrons. The van der Waals surface area contributed by atoms with Crippen LogP contribution in [0.2, 0.25) is 0 Å². The van der Waals surface area contributed by atoms with Gasteiger partial charge in [-0.15, -0.1) is 0 Å². The van der Waals surface area contributed by atoms with Crippen LogP contribution in [0.3, 0.4) is 0 Å². The normalized spacial score (nSPS) is 18.3. The standard InChI is InChI=1S/C13H18N4O3/c1-8-4-10(12(15)11(5-8)17(19)20)13(18)16-3-2-9(6-14)7-16/h4-5,9H,2-3,6-7,14-15H2,1H3. The zero-order valence-electron chi connectivity index (χ0n) is 11.3. The third-order valence-corrected chi connectivity index (χ3v) is 3.64. The molecule has 1 aromatic rings. The van der Waals surface area contributed by atoms with Crippen molar-refractivity contribution in [2.45, 2.75) is 13.3 Å². The molecule has 0 aliphatic carbocycles. The number of nitrogen functional groups attached to an aromatic ring is 1. The lowest BCUT2D eigenvalue weighted by Crippen LogP contribution is -2.30. The fourth-order valence-corrected chi connectivity index (χ4v) is 2.49. The van der Waals surface area contributed by atoms with E-state index in [0.29, 0.717) is 31.1 Å². The second-order valence-electron chi connectivity index (χ2n) is 5.14. The first-order valence-electron chi connectivity index (χ1n) is 6.48. The van der Waals surface area contributed by atoms with Crippen LogP contribution >= 0.6 is 0 Å². The number of benzene rings is 1. The number of aryl methyl sites for hydroxylation is 1. The lowest BCUT2D eigenvalue weighted by molar-refractivity contribution is -0.384. The molecule has 1 saturated heterocycles. The van der Waals surface area contributed by atoms with Crippen LogP contribution < -0.4 is 11.5 Å². The van der Waals surface area contributed by atoms with Gasteiger partial charge in [-0.2, -0.15) is 0 Å². The van der Waals surface area contributed by atoms with Gasteiger partial charge in [0.25, 0.3) is 11.6 Å². The first kappa shape index (κ1) is 14.3. The molecule has 1 fully saturated rings. The molecule has 0 spiro atoms. The third kappa shape index (κ3) is 2.57. The van der Waals surface area contributed by atoms with Gasteiger partial charge in [0.15, 0.2) is 0 Å². The Labute approximate surface area is 116 Å². The SMILES string of the molecule is Cc1cc(C(=O)N2CCC(CN)C2)c(N)c([N+](=O)[O-])c1. The maximum atomic E-state index is 12.4. The van der Waals surface area contributed by atoms with Gasteiger partial charge in [0.2, 0.25) is 0 Å². The third-order valence-electron chi connectivity index (χ3n) is 3.64. The van der Waals surface area contributed by atoms with Crippen LogP contribution in [0.25, 0.3) is 0 Å². The second kappa shape index (κ2) is 5.46. The summed E-state index contributed by atoms with van der Waals surface area (Å²) >= 11 is 0. The summed E-state index contributed by atoms with van der Waals surface area (Å²) in [7, 11) is 0. The summed E-state index contributed by atoms with van der Waals surface area (Å²) in [4.78, 5) is 24.5. The van der Waals surface area contributed by atoms with Gasteiger partial charge in [-0.05, 0) is 37.4 Å². The summed E-state index contributed by atoms with van der Waals surface area (Å²) in [5.74, 6) is 0.0326. The Hall–Kier alpha value is -2.15. The van der Waals surface area contributed by atoms with Crippen LogP contribution in [0.5, 0.6) is 0 Å². The molecule has 1 unspecified atom stereocenters. The Morgan fingerprint density at radius 3 is 2.80 bits per heavy atom. The van der Waals surface area contributed by atoms with Gasteiger partial charge < -0.3 is 16.4 Å². The van der Waals surface area contributed by atoms with Crippen molar-refractivity contribution >= 4 is 17.3 Å². The summed E-state index contributed by atoms with van der Waals surface area (Å²) in [6.45, 7) is 3.43. The van der Waals surface area contributed by atoms with E-state index in [9.17, 15) is 14.9 Å². The second-order valence-corrected chi connectivity index (χ2v) is 5.14. The fraction of sp³-hybridized carbons (Fsp3) is 0.462. The maximum Gasteiger partial charge on any atom is 0.293 e. The number of carbonyl (C=O) groups is 1. The zero-order chi connectivity index (χ0) is 14.9. The molecule has 0 saturated carbocycles. The predicted octanol–water partition coefficient (Wildman–Crippen LogP) is 0.906. The topological polar surface area (TPSA) is 115 Å². The molecule has 0 radical (unpaired) electrons. The average molecular weight is 278 g/mol. The van der Waals surface area contributed by atoms with E-state index >= 15 is 0 Å². The summed E-state index contributed by atoms with van der Waals surface area (Å²) in [6.07, 6.45) is 0.857. The van der Waals surface area contributed by atoms with Gasteiger partial charge in [0.1, 0.15) is 5.69 Å². The van der Waals surface area contributed by atoms with E-state index in [4.69, 9.17) is 11.5 Å². The van der Waals surface area contributed by atoms with E-state index in [1.165, 1.54) is 6.07 Å². The van der Waals surface area contributed by atoms with Crippen LogP contribution in [0.1, 0.15) is 22.3 Å². The molecule has 20 heavy (non-hydrogen) atoms. The van der Waals surface area contributed by atoms with E-state index in [-0.39, 0.29) is 22.8 Å². The van der Waals surface area contributed by atoms with Crippen molar-refractivity contribution in [1.82, 2.24) is 4.90 Å². The van der Waals surface area contributed by atoms with Crippen molar-refractivity contribution in [3.8, 4) is 0 Å². The number of hydrogen-bond donors (Lipinski definition) is 2. The number of carbonyl (C=O) groups excluding carboxylic acids is 1. The Kier molecular flexibility index (Phi) is 3.89. The Bertz CT molecular complexity index is 559. The van der Waals surface area contributed by atoms with Crippen LogP contribution in [0.15, 0.2) is 12.1 Å². The maximum absolute atomic E-state index is 12.4. The molecule has 7 nitrogen and oxygen atoms in total. The van der Waals surface area contributed by atoms with Gasteiger partial charge in [0, 0.05) is 19.2 Å². The van der Waals surface area contributed by atoms with E-state index < -0.39 is 4.92 Å². The van der Waals surface area contributed by atoms with Crippen LogP contribution in [-0.2, 0) is 0 Å². The van der Waals surface area contributed by atoms with Crippen LogP contribution in [-0.4, -0.2) is 35.4 Å². The molecular weight excluding hydrogens is 260 g/mol. The van der Waals surface area contributed by atoms with E-state index in [1.807, 2.05) is 0 Å². The number of likely N-dealkylation sites (tertiary alicyclic amines) is 1. The number of hydrogen-bond acceptors (Lipinski definition) is 5. The molecule has 1 atom stereocenters. The van der Waals surface area contributed by atoms with Crippen molar-refractivity contribution in [2.24, 2.45) is 11.7 Å². The summed E-state index contributed by atoms with van der Waals surface area (Å²) in [5.41, 5.74) is 11.9. The number of nitrogens with zero attached hydrogens (tertiary/aromatic N) is 2. The molecule has 4 N–H and O–H groups in total. The number of anilines is 1. The van der Waals surface area contributed by atoms with Gasteiger partial charge in [-0.3, -0.25) is 14.9 Å². The molecule has 1 aromatic carbocycles. The molecule has 0 aromatic heterocycles. The minimum absolute atomic E-state index is 0.0678. The highest BCUT2D eigenvalue weighted by Gasteiger charge is 2.29. The summed E-state index contributed by atoms with van der Waals surface area (Å²) in [6, 6.07) is 2.97. The lowest BCUT2D eigenvalue weighted by Gasteiger charge is -2.17. The number of nitrogens with two attached hydrogens (primary N) is 2. The van der Waals surface area contributed by atoms with E-state index in [1.54, 1.807) is 17.9 Å². The van der Waals surface area contributed by atoms with E-state index in [0.717, 1.165) is 6.42 Å². The number of nitro benzene ring substituents is 1. The van der Waals surface area contributed by atoms with Crippen LogP contribution in [0.4, 0.5) is 11.4 Å². The Balaban J connectivity index is 2.33. The van der Waals surface area contributed by atoms with Crippen molar-refractivity contribution in [3.63, 3.8) is 0 Å². The van der Waals surface area contributed by atoms with Gasteiger partial charge in [0.05, 0.1) is 10.5 Å². The molecule has 0 bridgehead atoms. The fourth-order valence-electron chi connectivity index (χ4n) is 2.49. The Morgan fingerprint density at radius 2 is 2.25 bits per heavy atom. The zero-order valence-corrected chi connectivity index (χ0v) is 11.3. The molecule has 2 rings (SSSR count).